The predicted molar refractivity (Wildman–Crippen MR) is 101 cm³/mol. The van der Waals surface area contributed by atoms with Crippen LogP contribution in [0, 0.1) is 0 Å². The molecule has 2 aromatic rings. The van der Waals surface area contributed by atoms with Gasteiger partial charge < -0.3 is 0 Å². The fraction of sp³-hybridized carbons (Fsp3) is 0.474. The van der Waals surface area contributed by atoms with Crippen LogP contribution in [0.5, 0.6) is 0 Å². The van der Waals surface area contributed by atoms with Crippen molar-refractivity contribution in [1.82, 2.24) is 0 Å². The van der Waals surface area contributed by atoms with Gasteiger partial charge in [-0.2, -0.15) is 8.42 Å². The number of hydrogen-bond acceptors (Lipinski definition) is 2. The van der Waals surface area contributed by atoms with E-state index in [4.69, 9.17) is 0 Å². The molecule has 0 unspecified atom stereocenters. The van der Waals surface area contributed by atoms with Crippen molar-refractivity contribution in [1.29, 1.82) is 0 Å². The predicted octanol–water partition coefficient (Wildman–Crippen LogP) is 5.00. The maximum absolute atomic E-state index is 11.8. The standard InChI is InChI=1S/C19H26O3S.Na/c1-2-3-4-5-6-7-8-12-17-15-14-16-11-9-10-13-18(16)19(17)23(20,21)22;/h9-11,13-15H,2-8,12H2,1H3,(H,20,21,22);. The summed E-state index contributed by atoms with van der Waals surface area (Å²) in [7, 11) is -4.21. The molecule has 0 atom stereocenters. The molecule has 0 amide bonds. The summed E-state index contributed by atoms with van der Waals surface area (Å²) in [6.45, 7) is 2.20. The van der Waals surface area contributed by atoms with E-state index in [0.29, 0.717) is 11.8 Å². The average molecular weight is 357 g/mol. The Morgan fingerprint density at radius 3 is 2.17 bits per heavy atom. The number of fused-ring (bicyclic) bond motifs is 1. The molecule has 2 rings (SSSR count). The molecule has 0 fully saturated rings. The van der Waals surface area contributed by atoms with Crippen molar-refractivity contribution in [3.8, 4) is 0 Å². The molecule has 127 valence electrons. The van der Waals surface area contributed by atoms with Gasteiger partial charge in [-0.05, 0) is 23.8 Å². The Morgan fingerprint density at radius 2 is 1.50 bits per heavy atom. The van der Waals surface area contributed by atoms with Gasteiger partial charge in [-0.3, -0.25) is 4.55 Å². The van der Waals surface area contributed by atoms with Crippen molar-refractivity contribution in [2.45, 2.75) is 63.2 Å². The van der Waals surface area contributed by atoms with Crippen molar-refractivity contribution in [2.75, 3.05) is 0 Å². The van der Waals surface area contributed by atoms with E-state index in [2.05, 4.69) is 6.92 Å². The molecule has 0 heterocycles. The van der Waals surface area contributed by atoms with Crippen LogP contribution >= 0.6 is 0 Å². The monoisotopic (exact) mass is 357 g/mol. The smallest absolute Gasteiger partial charge is 0.282 e. The first-order valence-corrected chi connectivity index (χ1v) is 9.96. The van der Waals surface area contributed by atoms with Crippen molar-refractivity contribution < 1.29 is 13.0 Å². The molecule has 1 radical (unpaired) electrons. The van der Waals surface area contributed by atoms with Gasteiger partial charge in [-0.15, -0.1) is 0 Å². The Morgan fingerprint density at radius 1 is 0.875 bits per heavy atom. The van der Waals surface area contributed by atoms with E-state index in [-0.39, 0.29) is 34.5 Å². The Balaban J connectivity index is 0.00000288. The minimum absolute atomic E-state index is 0. The Bertz CT molecular complexity index is 741. The second-order valence-corrected chi connectivity index (χ2v) is 7.48. The molecule has 0 bridgehead atoms. The van der Waals surface area contributed by atoms with E-state index >= 15 is 0 Å². The molecule has 3 nitrogen and oxygen atoms in total. The van der Waals surface area contributed by atoms with E-state index in [1.54, 1.807) is 12.1 Å². The Hall–Kier alpha value is -0.390. The average Bonchev–Trinajstić information content (AvgIpc) is 2.52. The first kappa shape index (κ1) is 21.7. The Kier molecular flexibility index (Phi) is 9.53. The van der Waals surface area contributed by atoms with Gasteiger partial charge in [0.2, 0.25) is 0 Å². The topological polar surface area (TPSA) is 54.4 Å². The number of benzene rings is 2. The summed E-state index contributed by atoms with van der Waals surface area (Å²) in [5.74, 6) is 0. The largest absolute Gasteiger partial charge is 0.295 e. The molecule has 0 spiro atoms. The number of hydrogen-bond donors (Lipinski definition) is 1. The molecular weight excluding hydrogens is 331 g/mol. The summed E-state index contributed by atoms with van der Waals surface area (Å²) in [6.07, 6.45) is 8.99. The number of unbranched alkanes of at least 4 members (excludes halogenated alkanes) is 6. The molecule has 0 saturated carbocycles. The third-order valence-electron chi connectivity index (χ3n) is 4.27. The molecule has 24 heavy (non-hydrogen) atoms. The van der Waals surface area contributed by atoms with E-state index < -0.39 is 10.1 Å². The van der Waals surface area contributed by atoms with Crippen LogP contribution in [0.3, 0.4) is 0 Å². The van der Waals surface area contributed by atoms with Gasteiger partial charge in [0, 0.05) is 34.9 Å². The van der Waals surface area contributed by atoms with Crippen LogP contribution in [0.15, 0.2) is 41.3 Å². The van der Waals surface area contributed by atoms with Gasteiger partial charge >= 0.3 is 0 Å². The van der Waals surface area contributed by atoms with Crippen LogP contribution in [-0.4, -0.2) is 42.5 Å². The molecule has 0 aromatic heterocycles. The minimum atomic E-state index is -4.21. The molecule has 0 aliphatic rings. The van der Waals surface area contributed by atoms with E-state index in [1.165, 1.54) is 32.1 Å². The summed E-state index contributed by atoms with van der Waals surface area (Å²) in [5, 5.41) is 1.44. The number of aryl methyl sites for hydroxylation is 1. The maximum atomic E-state index is 11.8. The van der Waals surface area contributed by atoms with Crippen molar-refractivity contribution >= 4 is 50.4 Å². The molecule has 1 N–H and O–H groups in total. The molecular formula is C19H26NaO3S. The minimum Gasteiger partial charge on any atom is -0.282 e. The quantitative estimate of drug-likeness (QED) is 0.390. The molecule has 0 saturated heterocycles. The van der Waals surface area contributed by atoms with Crippen LogP contribution < -0.4 is 0 Å². The first-order chi connectivity index (χ1) is 11.0. The molecule has 0 aliphatic carbocycles. The van der Waals surface area contributed by atoms with Gasteiger partial charge in [-0.1, -0.05) is 81.8 Å². The van der Waals surface area contributed by atoms with Crippen LogP contribution in [-0.2, 0) is 16.5 Å². The molecule has 0 aliphatic heterocycles. The van der Waals surface area contributed by atoms with E-state index in [9.17, 15) is 13.0 Å². The van der Waals surface area contributed by atoms with Gasteiger partial charge in [-0.25, -0.2) is 0 Å². The molecule has 5 heteroatoms. The first-order valence-electron chi connectivity index (χ1n) is 8.52. The van der Waals surface area contributed by atoms with Crippen molar-refractivity contribution in [2.24, 2.45) is 0 Å². The fourth-order valence-corrected chi connectivity index (χ4v) is 4.03. The number of rotatable bonds is 9. The van der Waals surface area contributed by atoms with Crippen LogP contribution in [0.4, 0.5) is 0 Å². The van der Waals surface area contributed by atoms with Crippen molar-refractivity contribution in [3.05, 3.63) is 42.0 Å². The summed E-state index contributed by atoms with van der Waals surface area (Å²) in [6, 6.07) is 11.1. The van der Waals surface area contributed by atoms with Crippen molar-refractivity contribution in [3.63, 3.8) is 0 Å². The third-order valence-corrected chi connectivity index (χ3v) is 5.27. The van der Waals surface area contributed by atoms with Crippen LogP contribution in [0.2, 0.25) is 0 Å². The van der Waals surface area contributed by atoms with E-state index in [1.807, 2.05) is 24.3 Å². The van der Waals surface area contributed by atoms with Crippen LogP contribution in [0.25, 0.3) is 10.8 Å². The second kappa shape index (κ2) is 10.6. The summed E-state index contributed by atoms with van der Waals surface area (Å²) in [4.78, 5) is 0.0848. The van der Waals surface area contributed by atoms with Gasteiger partial charge in [0.25, 0.3) is 10.1 Å². The van der Waals surface area contributed by atoms with Gasteiger partial charge in [0.15, 0.2) is 0 Å². The Labute approximate surface area is 167 Å². The van der Waals surface area contributed by atoms with Crippen LogP contribution in [0.1, 0.15) is 57.4 Å². The zero-order valence-electron chi connectivity index (χ0n) is 14.8. The van der Waals surface area contributed by atoms with Gasteiger partial charge in [0.05, 0.1) is 0 Å². The summed E-state index contributed by atoms with van der Waals surface area (Å²) in [5.41, 5.74) is 0.722. The summed E-state index contributed by atoms with van der Waals surface area (Å²) >= 11 is 0. The zero-order chi connectivity index (χ0) is 16.7. The SMILES string of the molecule is CCCCCCCCCc1ccc2ccccc2c1S(=O)(=O)O.[Na]. The second-order valence-electron chi connectivity index (χ2n) is 6.12. The maximum Gasteiger partial charge on any atom is 0.295 e. The van der Waals surface area contributed by atoms with Gasteiger partial charge in [0.1, 0.15) is 4.90 Å². The fourth-order valence-electron chi connectivity index (χ4n) is 3.06. The third kappa shape index (κ3) is 6.16. The normalized spacial score (nSPS) is 11.4. The van der Waals surface area contributed by atoms with E-state index in [0.717, 1.165) is 23.8 Å². The summed E-state index contributed by atoms with van der Waals surface area (Å²) < 4.78 is 33.3. The molecule has 2 aromatic carbocycles. The zero-order valence-corrected chi connectivity index (χ0v) is 17.6.